The van der Waals surface area contributed by atoms with Gasteiger partial charge in [0.05, 0.1) is 4.47 Å². The van der Waals surface area contributed by atoms with E-state index in [0.717, 1.165) is 23.1 Å². The van der Waals surface area contributed by atoms with E-state index in [4.69, 9.17) is 4.74 Å². The van der Waals surface area contributed by atoms with Crippen LogP contribution in [0.1, 0.15) is 30.9 Å². The van der Waals surface area contributed by atoms with Crippen LogP contribution in [0.15, 0.2) is 46.9 Å². The molecule has 1 heterocycles. The minimum Gasteiger partial charge on any atom is -0.480 e. The van der Waals surface area contributed by atoms with Crippen LogP contribution < -0.4 is 9.64 Å². The summed E-state index contributed by atoms with van der Waals surface area (Å²) in [7, 11) is 1.84. The van der Waals surface area contributed by atoms with Crippen LogP contribution in [0.25, 0.3) is 0 Å². The quantitative estimate of drug-likeness (QED) is 0.660. The van der Waals surface area contributed by atoms with Gasteiger partial charge in [0.15, 0.2) is 6.10 Å². The summed E-state index contributed by atoms with van der Waals surface area (Å²) in [4.78, 5) is 17.0. The lowest BCUT2D eigenvalue weighted by Crippen LogP contribution is -2.38. The summed E-state index contributed by atoms with van der Waals surface area (Å²) in [6.45, 7) is 6.59. The molecule has 2 aromatic carbocycles. The Labute approximate surface area is 170 Å². The molecule has 2 aromatic rings. The van der Waals surface area contributed by atoms with Gasteiger partial charge in [-0.25, -0.2) is 0 Å². The van der Waals surface area contributed by atoms with Crippen molar-refractivity contribution in [2.75, 3.05) is 25.0 Å². The standard InChI is InChI=1S/C22H27BrN2O2/c1-16-10-11-21(19(23)14-16)27-17(2)22(26)24(3)15-18-8-4-5-9-20(18)25-12-6-7-13-25/h4-5,8-11,14,17H,6-7,12-13,15H2,1-3H3. The molecule has 0 spiro atoms. The summed E-state index contributed by atoms with van der Waals surface area (Å²) in [6, 6.07) is 14.2. The third-order valence-electron chi connectivity index (χ3n) is 4.96. The highest BCUT2D eigenvalue weighted by molar-refractivity contribution is 9.10. The molecule has 5 heteroatoms. The molecule has 0 N–H and O–H groups in total. The Morgan fingerprint density at radius 3 is 2.63 bits per heavy atom. The van der Waals surface area contributed by atoms with E-state index < -0.39 is 6.10 Å². The van der Waals surface area contributed by atoms with Crippen molar-refractivity contribution in [1.29, 1.82) is 0 Å². The highest BCUT2D eigenvalue weighted by Crippen LogP contribution is 2.28. The highest BCUT2D eigenvalue weighted by atomic mass is 79.9. The zero-order valence-electron chi connectivity index (χ0n) is 16.2. The molecular formula is C22H27BrN2O2. The van der Waals surface area contributed by atoms with E-state index in [-0.39, 0.29) is 5.91 Å². The second kappa shape index (κ2) is 8.79. The Kier molecular flexibility index (Phi) is 6.42. The van der Waals surface area contributed by atoms with Gasteiger partial charge in [-0.2, -0.15) is 0 Å². The Balaban J connectivity index is 1.67. The number of anilines is 1. The average Bonchev–Trinajstić information content (AvgIpc) is 3.18. The van der Waals surface area contributed by atoms with E-state index in [9.17, 15) is 4.79 Å². The Hall–Kier alpha value is -2.01. The molecule has 144 valence electrons. The third kappa shape index (κ3) is 4.83. The normalized spacial score (nSPS) is 14.9. The number of aryl methyl sites for hydroxylation is 1. The second-order valence-corrected chi connectivity index (χ2v) is 8.07. The first-order valence-electron chi connectivity index (χ1n) is 9.46. The number of likely N-dealkylation sites (N-methyl/N-ethyl adjacent to an activating group) is 1. The van der Waals surface area contributed by atoms with Crippen molar-refractivity contribution in [2.24, 2.45) is 0 Å². The van der Waals surface area contributed by atoms with Crippen LogP contribution in [0.4, 0.5) is 5.69 Å². The molecule has 0 bridgehead atoms. The fourth-order valence-electron chi connectivity index (χ4n) is 3.50. The van der Waals surface area contributed by atoms with Gasteiger partial charge in [0.1, 0.15) is 5.75 Å². The van der Waals surface area contributed by atoms with Crippen LogP contribution in [0.5, 0.6) is 5.75 Å². The van der Waals surface area contributed by atoms with Crippen LogP contribution in [-0.4, -0.2) is 37.0 Å². The zero-order chi connectivity index (χ0) is 19.4. The highest BCUT2D eigenvalue weighted by Gasteiger charge is 2.22. The Morgan fingerprint density at radius 1 is 1.22 bits per heavy atom. The summed E-state index contributed by atoms with van der Waals surface area (Å²) in [5, 5.41) is 0. The van der Waals surface area contributed by atoms with Gasteiger partial charge >= 0.3 is 0 Å². The smallest absolute Gasteiger partial charge is 0.263 e. The van der Waals surface area contributed by atoms with E-state index in [1.54, 1.807) is 11.8 Å². The van der Waals surface area contributed by atoms with Crippen molar-refractivity contribution in [3.63, 3.8) is 0 Å². The fraction of sp³-hybridized carbons (Fsp3) is 0.409. The molecule has 1 aliphatic rings. The van der Waals surface area contributed by atoms with Crippen molar-refractivity contribution >= 4 is 27.5 Å². The van der Waals surface area contributed by atoms with Gasteiger partial charge in [-0.3, -0.25) is 4.79 Å². The van der Waals surface area contributed by atoms with Gasteiger partial charge in [0, 0.05) is 32.4 Å². The monoisotopic (exact) mass is 430 g/mol. The zero-order valence-corrected chi connectivity index (χ0v) is 17.8. The molecule has 1 amide bonds. The SMILES string of the molecule is Cc1ccc(OC(C)C(=O)N(C)Cc2ccccc2N2CCCC2)c(Br)c1. The molecule has 0 saturated carbocycles. The lowest BCUT2D eigenvalue weighted by Gasteiger charge is -2.26. The van der Waals surface area contributed by atoms with Gasteiger partial charge in [-0.05, 0) is 71.9 Å². The predicted molar refractivity (Wildman–Crippen MR) is 113 cm³/mol. The Morgan fingerprint density at radius 2 is 1.93 bits per heavy atom. The molecule has 27 heavy (non-hydrogen) atoms. The number of benzene rings is 2. The van der Waals surface area contributed by atoms with Gasteiger partial charge < -0.3 is 14.5 Å². The second-order valence-electron chi connectivity index (χ2n) is 7.21. The summed E-state index contributed by atoms with van der Waals surface area (Å²) in [5.41, 5.74) is 3.56. The number of amides is 1. The van der Waals surface area contributed by atoms with Gasteiger partial charge in [-0.15, -0.1) is 0 Å². The molecule has 0 aromatic heterocycles. The minimum atomic E-state index is -0.548. The first-order valence-corrected chi connectivity index (χ1v) is 10.3. The van der Waals surface area contributed by atoms with Gasteiger partial charge in [-0.1, -0.05) is 24.3 Å². The Bertz CT molecular complexity index is 803. The molecule has 0 radical (unpaired) electrons. The van der Waals surface area contributed by atoms with Crippen molar-refractivity contribution in [3.05, 3.63) is 58.1 Å². The topological polar surface area (TPSA) is 32.8 Å². The molecule has 0 aliphatic carbocycles. The van der Waals surface area contributed by atoms with Gasteiger partial charge in [0.2, 0.25) is 0 Å². The molecule has 1 atom stereocenters. The van der Waals surface area contributed by atoms with Crippen molar-refractivity contribution in [2.45, 2.75) is 39.3 Å². The number of nitrogens with zero attached hydrogens (tertiary/aromatic N) is 2. The molecule has 1 aliphatic heterocycles. The van der Waals surface area contributed by atoms with Crippen molar-refractivity contribution in [3.8, 4) is 5.75 Å². The number of halogens is 1. The predicted octanol–water partition coefficient (Wildman–Crippen LogP) is 4.78. The van der Waals surface area contributed by atoms with Gasteiger partial charge in [0.25, 0.3) is 5.91 Å². The van der Waals surface area contributed by atoms with E-state index in [0.29, 0.717) is 12.3 Å². The number of carbonyl (C=O) groups excluding carboxylic acids is 1. The number of ether oxygens (including phenoxy) is 1. The molecule has 4 nitrogen and oxygen atoms in total. The first kappa shape index (κ1) is 19.7. The van der Waals surface area contributed by atoms with E-state index in [1.807, 2.05) is 38.2 Å². The maximum Gasteiger partial charge on any atom is 0.263 e. The average molecular weight is 431 g/mol. The summed E-state index contributed by atoms with van der Waals surface area (Å²) in [5.74, 6) is 0.658. The maximum atomic E-state index is 12.8. The fourth-order valence-corrected chi connectivity index (χ4v) is 4.08. The number of carbonyl (C=O) groups is 1. The third-order valence-corrected chi connectivity index (χ3v) is 5.58. The van der Waals surface area contributed by atoms with Crippen LogP contribution in [-0.2, 0) is 11.3 Å². The van der Waals surface area contributed by atoms with Crippen LogP contribution in [0.3, 0.4) is 0 Å². The number of rotatable bonds is 6. The molecule has 1 fully saturated rings. The molecule has 1 unspecified atom stereocenters. The summed E-state index contributed by atoms with van der Waals surface area (Å²) in [6.07, 6.45) is 1.92. The van der Waals surface area contributed by atoms with Crippen LogP contribution in [0.2, 0.25) is 0 Å². The number of hydrogen-bond acceptors (Lipinski definition) is 3. The summed E-state index contributed by atoms with van der Waals surface area (Å²) >= 11 is 3.51. The largest absolute Gasteiger partial charge is 0.480 e. The molecule has 3 rings (SSSR count). The van der Waals surface area contributed by atoms with E-state index in [2.05, 4.69) is 39.0 Å². The first-order chi connectivity index (χ1) is 13.0. The van der Waals surface area contributed by atoms with Crippen LogP contribution in [0, 0.1) is 6.92 Å². The maximum absolute atomic E-state index is 12.8. The molecular weight excluding hydrogens is 404 g/mol. The molecule has 1 saturated heterocycles. The lowest BCUT2D eigenvalue weighted by atomic mass is 10.1. The lowest BCUT2D eigenvalue weighted by molar-refractivity contribution is -0.137. The summed E-state index contributed by atoms with van der Waals surface area (Å²) < 4.78 is 6.77. The van der Waals surface area contributed by atoms with E-state index >= 15 is 0 Å². The number of hydrogen-bond donors (Lipinski definition) is 0. The van der Waals surface area contributed by atoms with Crippen LogP contribution >= 0.6 is 15.9 Å². The van der Waals surface area contributed by atoms with Crippen molar-refractivity contribution in [1.82, 2.24) is 4.90 Å². The number of para-hydroxylation sites is 1. The van der Waals surface area contributed by atoms with Crippen molar-refractivity contribution < 1.29 is 9.53 Å². The van der Waals surface area contributed by atoms with E-state index in [1.165, 1.54) is 24.1 Å². The minimum absolute atomic E-state index is 0.0290.